The van der Waals surface area contributed by atoms with Crippen molar-refractivity contribution in [3.05, 3.63) is 35.2 Å². The summed E-state index contributed by atoms with van der Waals surface area (Å²) < 4.78 is 31.3. The van der Waals surface area contributed by atoms with Gasteiger partial charge in [0.1, 0.15) is 22.5 Å². The van der Waals surface area contributed by atoms with Crippen molar-refractivity contribution in [3.8, 4) is 0 Å². The highest BCUT2D eigenvalue weighted by atomic mass is 32.2. The van der Waals surface area contributed by atoms with Crippen molar-refractivity contribution >= 4 is 21.5 Å². The molecule has 1 saturated heterocycles. The Kier molecular flexibility index (Phi) is 4.41. The van der Waals surface area contributed by atoms with Crippen molar-refractivity contribution in [1.29, 1.82) is 0 Å². The third-order valence-electron chi connectivity index (χ3n) is 5.05. The quantitative estimate of drug-likeness (QED) is 0.637. The number of fused-ring (bicyclic) bond motifs is 1. The molecule has 0 bridgehead atoms. The maximum Gasteiger partial charge on any atom is 0.259 e. The summed E-state index contributed by atoms with van der Waals surface area (Å²) in [4.78, 5) is 23.0. The molecule has 148 valence electrons. The lowest BCUT2D eigenvalue weighted by molar-refractivity contribution is 0.0702. The van der Waals surface area contributed by atoms with Crippen LogP contribution in [0, 0.1) is 13.8 Å². The number of hydrogen-bond donors (Lipinski definition) is 0. The Morgan fingerprint density at radius 3 is 2.75 bits per heavy atom. The van der Waals surface area contributed by atoms with E-state index in [-0.39, 0.29) is 16.7 Å². The van der Waals surface area contributed by atoms with E-state index in [4.69, 9.17) is 4.52 Å². The molecule has 0 spiro atoms. The molecule has 1 atom stereocenters. The highest BCUT2D eigenvalue weighted by Gasteiger charge is 2.33. The molecular formula is C17H20N6O4S. The van der Waals surface area contributed by atoms with Gasteiger partial charge in [0.15, 0.2) is 9.84 Å². The Morgan fingerprint density at radius 1 is 1.29 bits per heavy atom. The molecule has 1 unspecified atom stereocenters. The number of carbonyl (C=O) groups excluding carboxylic acids is 1. The van der Waals surface area contributed by atoms with Crippen molar-refractivity contribution in [2.75, 3.05) is 19.3 Å². The predicted molar refractivity (Wildman–Crippen MR) is 97.7 cm³/mol. The first kappa shape index (κ1) is 18.5. The number of amides is 1. The summed E-state index contributed by atoms with van der Waals surface area (Å²) in [6.07, 6.45) is 5.28. The zero-order valence-electron chi connectivity index (χ0n) is 15.8. The Balaban J connectivity index is 1.75. The van der Waals surface area contributed by atoms with Gasteiger partial charge >= 0.3 is 0 Å². The molecule has 0 aliphatic carbocycles. The highest BCUT2D eigenvalue weighted by Crippen LogP contribution is 2.32. The molecule has 0 saturated carbocycles. The first-order chi connectivity index (χ1) is 13.3. The molecular weight excluding hydrogens is 384 g/mol. The molecule has 3 aromatic rings. The number of rotatable bonds is 3. The van der Waals surface area contributed by atoms with Crippen LogP contribution in [0.2, 0.25) is 0 Å². The Bertz CT molecular complexity index is 1150. The molecule has 0 aromatic carbocycles. The second kappa shape index (κ2) is 6.66. The first-order valence-electron chi connectivity index (χ1n) is 8.88. The minimum absolute atomic E-state index is 0.113. The number of nitrogens with zero attached hydrogens (tertiary/aromatic N) is 6. The van der Waals surface area contributed by atoms with Crippen LogP contribution in [0.4, 0.5) is 0 Å². The van der Waals surface area contributed by atoms with Crippen LogP contribution >= 0.6 is 0 Å². The number of likely N-dealkylation sites (tertiary alicyclic amines) is 1. The summed E-state index contributed by atoms with van der Waals surface area (Å²) in [5.74, 6) is 0.432. The summed E-state index contributed by atoms with van der Waals surface area (Å²) in [6.45, 7) is 4.39. The minimum atomic E-state index is -3.53. The van der Waals surface area contributed by atoms with Gasteiger partial charge in [0, 0.05) is 25.3 Å². The molecule has 1 aliphatic rings. The fourth-order valence-electron chi connectivity index (χ4n) is 3.77. The van der Waals surface area contributed by atoms with Gasteiger partial charge in [0.2, 0.25) is 0 Å². The average molecular weight is 404 g/mol. The van der Waals surface area contributed by atoms with Crippen LogP contribution in [0.5, 0.6) is 0 Å². The zero-order chi connectivity index (χ0) is 20.1. The Labute approximate surface area is 161 Å². The van der Waals surface area contributed by atoms with Crippen LogP contribution in [0.1, 0.15) is 46.3 Å². The predicted octanol–water partition coefficient (Wildman–Crippen LogP) is 1.15. The van der Waals surface area contributed by atoms with E-state index in [2.05, 4.69) is 20.2 Å². The van der Waals surface area contributed by atoms with Gasteiger partial charge in [-0.2, -0.15) is 14.6 Å². The summed E-state index contributed by atoms with van der Waals surface area (Å²) in [7, 11) is -3.53. The van der Waals surface area contributed by atoms with Crippen LogP contribution in [0.3, 0.4) is 0 Å². The third kappa shape index (κ3) is 3.05. The maximum absolute atomic E-state index is 13.0. The van der Waals surface area contributed by atoms with Crippen LogP contribution in [-0.2, 0) is 9.84 Å². The van der Waals surface area contributed by atoms with Crippen LogP contribution in [0.25, 0.3) is 5.78 Å². The summed E-state index contributed by atoms with van der Waals surface area (Å²) in [5.41, 5.74) is 1.52. The monoisotopic (exact) mass is 404 g/mol. The summed E-state index contributed by atoms with van der Waals surface area (Å²) in [5, 5.41) is 8.02. The third-order valence-corrected chi connectivity index (χ3v) is 6.16. The minimum Gasteiger partial charge on any atom is -0.361 e. The van der Waals surface area contributed by atoms with Crippen molar-refractivity contribution in [2.24, 2.45) is 0 Å². The molecule has 1 fully saturated rings. The maximum atomic E-state index is 13.0. The standard InChI is InChI=1S/C17H20N6O4S/c1-10-14(11(2)27-21-10)16(24)22-6-4-5-12(8-22)15-13(28(3,25)26)7-18-17-19-9-20-23(15)17/h7,9,12H,4-6,8H2,1-3H3. The van der Waals surface area contributed by atoms with Gasteiger partial charge in [-0.25, -0.2) is 13.4 Å². The molecule has 11 heteroatoms. The highest BCUT2D eigenvalue weighted by molar-refractivity contribution is 7.90. The second-order valence-electron chi connectivity index (χ2n) is 7.04. The molecule has 1 amide bonds. The molecule has 4 heterocycles. The van der Waals surface area contributed by atoms with Gasteiger partial charge in [-0.3, -0.25) is 4.79 Å². The van der Waals surface area contributed by atoms with Gasteiger partial charge in [-0.15, -0.1) is 0 Å². The van der Waals surface area contributed by atoms with E-state index in [0.717, 1.165) is 19.1 Å². The van der Waals surface area contributed by atoms with Gasteiger partial charge < -0.3 is 9.42 Å². The van der Waals surface area contributed by atoms with Gasteiger partial charge in [0.25, 0.3) is 11.7 Å². The SMILES string of the molecule is Cc1noc(C)c1C(=O)N1CCCC(c2c(S(C)(=O)=O)cnc3ncnn23)C1. The van der Waals surface area contributed by atoms with Crippen LogP contribution in [0.15, 0.2) is 21.9 Å². The molecule has 1 aliphatic heterocycles. The lowest BCUT2D eigenvalue weighted by Crippen LogP contribution is -2.40. The Hall–Kier alpha value is -2.82. The molecule has 0 N–H and O–H groups in total. The van der Waals surface area contributed by atoms with E-state index >= 15 is 0 Å². The molecule has 3 aromatic heterocycles. The van der Waals surface area contributed by atoms with E-state index < -0.39 is 9.84 Å². The van der Waals surface area contributed by atoms with Crippen LogP contribution in [-0.4, -0.2) is 63.3 Å². The number of carbonyl (C=O) groups is 1. The largest absolute Gasteiger partial charge is 0.361 e. The van der Waals surface area contributed by atoms with E-state index in [1.54, 1.807) is 18.7 Å². The number of aromatic nitrogens is 5. The van der Waals surface area contributed by atoms with E-state index in [1.165, 1.54) is 17.0 Å². The van der Waals surface area contributed by atoms with Gasteiger partial charge in [-0.1, -0.05) is 5.16 Å². The smallest absolute Gasteiger partial charge is 0.259 e. The lowest BCUT2D eigenvalue weighted by atomic mass is 9.93. The van der Waals surface area contributed by atoms with Crippen molar-refractivity contribution < 1.29 is 17.7 Å². The van der Waals surface area contributed by atoms with Crippen molar-refractivity contribution in [3.63, 3.8) is 0 Å². The van der Waals surface area contributed by atoms with E-state index in [1.807, 2.05) is 0 Å². The number of sulfone groups is 1. The molecule has 0 radical (unpaired) electrons. The first-order valence-corrected chi connectivity index (χ1v) is 10.8. The van der Waals surface area contributed by atoms with Crippen molar-refractivity contribution in [2.45, 2.75) is 37.5 Å². The van der Waals surface area contributed by atoms with Gasteiger partial charge in [-0.05, 0) is 26.7 Å². The zero-order valence-corrected chi connectivity index (χ0v) is 16.6. The number of piperidine rings is 1. The Morgan fingerprint density at radius 2 is 2.07 bits per heavy atom. The average Bonchev–Trinajstić information content (AvgIpc) is 3.26. The lowest BCUT2D eigenvalue weighted by Gasteiger charge is -2.33. The van der Waals surface area contributed by atoms with E-state index in [9.17, 15) is 13.2 Å². The number of aryl methyl sites for hydroxylation is 2. The number of hydrogen-bond acceptors (Lipinski definition) is 8. The van der Waals surface area contributed by atoms with Crippen LogP contribution < -0.4 is 0 Å². The molecule has 28 heavy (non-hydrogen) atoms. The second-order valence-corrected chi connectivity index (χ2v) is 9.03. The summed E-state index contributed by atoms with van der Waals surface area (Å²) in [6, 6.07) is 0. The molecule has 4 rings (SSSR count). The van der Waals surface area contributed by atoms with Gasteiger partial charge in [0.05, 0.1) is 17.6 Å². The van der Waals surface area contributed by atoms with E-state index in [0.29, 0.717) is 41.6 Å². The normalized spacial score (nSPS) is 18.0. The topological polar surface area (TPSA) is 124 Å². The molecule has 10 nitrogen and oxygen atoms in total. The fraction of sp³-hybridized carbons (Fsp3) is 0.471. The summed E-state index contributed by atoms with van der Waals surface area (Å²) >= 11 is 0. The van der Waals surface area contributed by atoms with Crippen molar-refractivity contribution in [1.82, 2.24) is 29.6 Å². The fourth-order valence-corrected chi connectivity index (χ4v) is 4.65.